The van der Waals surface area contributed by atoms with Crippen LogP contribution in [0.4, 0.5) is 0 Å². The molecule has 0 amide bonds. The van der Waals surface area contributed by atoms with Crippen LogP contribution >= 0.6 is 0 Å². The summed E-state index contributed by atoms with van der Waals surface area (Å²) < 4.78 is 9.70. The quantitative estimate of drug-likeness (QED) is 0.503. The van der Waals surface area contributed by atoms with Gasteiger partial charge >= 0.3 is 5.97 Å². The van der Waals surface area contributed by atoms with Gasteiger partial charge in [0.2, 0.25) is 0 Å². The van der Waals surface area contributed by atoms with Crippen LogP contribution in [0.25, 0.3) is 0 Å². The third-order valence-corrected chi connectivity index (χ3v) is 1.26. The molecular weight excluding hydrogens is 156 g/mol. The topological polar surface area (TPSA) is 39.4 Å². The number of furan rings is 1. The van der Waals surface area contributed by atoms with Crippen LogP contribution in [0.5, 0.6) is 0 Å². The second-order valence-corrected chi connectivity index (χ2v) is 2.23. The van der Waals surface area contributed by atoms with Crippen LogP contribution in [-0.4, -0.2) is 12.6 Å². The molecule has 0 aliphatic rings. The lowest BCUT2D eigenvalue weighted by Gasteiger charge is -1.98. The van der Waals surface area contributed by atoms with E-state index < -0.39 is 0 Å². The summed E-state index contributed by atoms with van der Waals surface area (Å²) >= 11 is 0. The van der Waals surface area contributed by atoms with Crippen molar-refractivity contribution in [1.29, 1.82) is 0 Å². The average molecular weight is 166 g/mol. The maximum absolute atomic E-state index is 10.9. The van der Waals surface area contributed by atoms with E-state index in [-0.39, 0.29) is 19.0 Å². The van der Waals surface area contributed by atoms with Gasteiger partial charge in [0, 0.05) is 0 Å². The van der Waals surface area contributed by atoms with Crippen molar-refractivity contribution in [2.45, 2.75) is 6.42 Å². The highest BCUT2D eigenvalue weighted by atomic mass is 16.5. The summed E-state index contributed by atoms with van der Waals surface area (Å²) in [7, 11) is 0. The Balaban J connectivity index is 2.32. The van der Waals surface area contributed by atoms with Crippen molar-refractivity contribution >= 4 is 5.97 Å². The number of esters is 1. The molecule has 12 heavy (non-hydrogen) atoms. The largest absolute Gasteiger partial charge is 0.469 e. The molecule has 1 heterocycles. The standard InChI is InChI=1S/C9H10O3/c1-2-5-12-9(10)7-8-4-3-6-11-8/h2-4,6H,1,5,7H2. The van der Waals surface area contributed by atoms with Gasteiger partial charge in [0.25, 0.3) is 0 Å². The van der Waals surface area contributed by atoms with Gasteiger partial charge in [-0.2, -0.15) is 0 Å². The Morgan fingerprint density at radius 3 is 3.17 bits per heavy atom. The Labute approximate surface area is 70.6 Å². The summed E-state index contributed by atoms with van der Waals surface area (Å²) in [4.78, 5) is 10.9. The first kappa shape index (κ1) is 8.59. The molecule has 1 rings (SSSR count). The summed E-state index contributed by atoms with van der Waals surface area (Å²) in [5.41, 5.74) is 0. The number of rotatable bonds is 4. The van der Waals surface area contributed by atoms with Gasteiger partial charge in [0.05, 0.1) is 6.26 Å². The van der Waals surface area contributed by atoms with E-state index in [1.165, 1.54) is 12.3 Å². The number of ether oxygens (including phenoxy) is 1. The zero-order valence-electron chi connectivity index (χ0n) is 6.66. The highest BCUT2D eigenvalue weighted by Gasteiger charge is 2.04. The molecule has 64 valence electrons. The summed E-state index contributed by atoms with van der Waals surface area (Å²) in [6.07, 6.45) is 3.23. The van der Waals surface area contributed by atoms with Crippen molar-refractivity contribution in [3.05, 3.63) is 36.8 Å². The van der Waals surface area contributed by atoms with Gasteiger partial charge in [-0.05, 0) is 12.1 Å². The molecule has 0 radical (unpaired) electrons. The van der Waals surface area contributed by atoms with Crippen LogP contribution in [-0.2, 0) is 16.0 Å². The Hall–Kier alpha value is -1.51. The molecule has 0 bridgehead atoms. The summed E-state index contributed by atoms with van der Waals surface area (Å²) in [6, 6.07) is 3.46. The molecular formula is C9H10O3. The molecule has 1 aromatic heterocycles. The van der Waals surface area contributed by atoms with Gasteiger partial charge in [-0.15, -0.1) is 0 Å². The molecule has 0 spiro atoms. The van der Waals surface area contributed by atoms with Crippen molar-refractivity contribution in [2.75, 3.05) is 6.61 Å². The van der Waals surface area contributed by atoms with Crippen molar-refractivity contribution in [2.24, 2.45) is 0 Å². The van der Waals surface area contributed by atoms with E-state index in [4.69, 9.17) is 9.15 Å². The second-order valence-electron chi connectivity index (χ2n) is 2.23. The van der Waals surface area contributed by atoms with Crippen LogP contribution in [0, 0.1) is 0 Å². The number of carbonyl (C=O) groups is 1. The first-order valence-corrected chi connectivity index (χ1v) is 3.62. The molecule has 1 aromatic rings. The smallest absolute Gasteiger partial charge is 0.313 e. The van der Waals surface area contributed by atoms with Gasteiger partial charge in [0.1, 0.15) is 18.8 Å². The van der Waals surface area contributed by atoms with Crippen molar-refractivity contribution in [3.63, 3.8) is 0 Å². The Kier molecular flexibility index (Phi) is 3.14. The molecule has 0 aromatic carbocycles. The minimum Gasteiger partial charge on any atom is -0.469 e. The molecule has 0 aliphatic heterocycles. The minimum absolute atomic E-state index is 0.181. The molecule has 3 nitrogen and oxygen atoms in total. The van der Waals surface area contributed by atoms with Gasteiger partial charge in [-0.25, -0.2) is 0 Å². The third-order valence-electron chi connectivity index (χ3n) is 1.26. The fourth-order valence-electron chi connectivity index (χ4n) is 0.758. The monoisotopic (exact) mass is 166 g/mol. The molecule has 0 saturated heterocycles. The van der Waals surface area contributed by atoms with Crippen LogP contribution in [0.15, 0.2) is 35.5 Å². The highest BCUT2D eigenvalue weighted by molar-refractivity contribution is 5.71. The predicted octanol–water partition coefficient (Wildman–Crippen LogP) is 1.55. The molecule has 0 atom stereocenters. The minimum atomic E-state index is -0.301. The van der Waals surface area contributed by atoms with Crippen LogP contribution < -0.4 is 0 Å². The maximum Gasteiger partial charge on any atom is 0.313 e. The van der Waals surface area contributed by atoms with Crippen LogP contribution in [0.2, 0.25) is 0 Å². The van der Waals surface area contributed by atoms with Crippen LogP contribution in [0.1, 0.15) is 5.76 Å². The second kappa shape index (κ2) is 4.38. The van der Waals surface area contributed by atoms with Crippen molar-refractivity contribution in [3.8, 4) is 0 Å². The van der Waals surface area contributed by atoms with E-state index >= 15 is 0 Å². The van der Waals surface area contributed by atoms with Crippen molar-refractivity contribution in [1.82, 2.24) is 0 Å². The summed E-state index contributed by atoms with van der Waals surface area (Å²) in [6.45, 7) is 3.68. The predicted molar refractivity (Wildman–Crippen MR) is 43.6 cm³/mol. The zero-order valence-corrected chi connectivity index (χ0v) is 6.66. The molecule has 3 heteroatoms. The van der Waals surface area contributed by atoms with Gasteiger partial charge in [-0.1, -0.05) is 12.7 Å². The molecule has 0 fully saturated rings. The van der Waals surface area contributed by atoms with Gasteiger partial charge < -0.3 is 9.15 Å². The van der Waals surface area contributed by atoms with E-state index in [0.29, 0.717) is 5.76 Å². The lowest BCUT2D eigenvalue weighted by molar-refractivity contribution is -0.141. The number of hydrogen-bond donors (Lipinski definition) is 0. The van der Waals surface area contributed by atoms with Crippen molar-refractivity contribution < 1.29 is 13.9 Å². The van der Waals surface area contributed by atoms with E-state index in [1.807, 2.05) is 0 Å². The maximum atomic E-state index is 10.9. The average Bonchev–Trinajstić information content (AvgIpc) is 2.53. The summed E-state index contributed by atoms with van der Waals surface area (Å²) in [5, 5.41) is 0. The van der Waals surface area contributed by atoms with E-state index in [0.717, 1.165) is 0 Å². The fourth-order valence-corrected chi connectivity index (χ4v) is 0.758. The lowest BCUT2D eigenvalue weighted by Crippen LogP contribution is -2.06. The molecule has 0 unspecified atom stereocenters. The third kappa shape index (κ3) is 2.62. The lowest BCUT2D eigenvalue weighted by atomic mass is 10.3. The van der Waals surface area contributed by atoms with E-state index in [1.54, 1.807) is 12.1 Å². The molecule has 0 N–H and O–H groups in total. The molecule has 0 aliphatic carbocycles. The number of hydrogen-bond acceptors (Lipinski definition) is 3. The SMILES string of the molecule is C=CCOC(=O)Cc1ccco1. The van der Waals surface area contributed by atoms with Crippen LogP contribution in [0.3, 0.4) is 0 Å². The number of carbonyl (C=O) groups excluding carboxylic acids is 1. The first-order valence-electron chi connectivity index (χ1n) is 3.62. The first-order chi connectivity index (χ1) is 5.83. The normalized spacial score (nSPS) is 9.33. The van der Waals surface area contributed by atoms with E-state index in [9.17, 15) is 4.79 Å². The molecule has 0 saturated carbocycles. The van der Waals surface area contributed by atoms with E-state index in [2.05, 4.69) is 6.58 Å². The van der Waals surface area contributed by atoms with Gasteiger partial charge in [0.15, 0.2) is 0 Å². The highest BCUT2D eigenvalue weighted by Crippen LogP contribution is 2.01. The van der Waals surface area contributed by atoms with Gasteiger partial charge in [-0.3, -0.25) is 4.79 Å². The summed E-state index contributed by atoms with van der Waals surface area (Å²) in [5.74, 6) is 0.314. The Morgan fingerprint density at radius 2 is 2.58 bits per heavy atom. The fraction of sp³-hybridized carbons (Fsp3) is 0.222. The Morgan fingerprint density at radius 1 is 1.75 bits per heavy atom. The zero-order chi connectivity index (χ0) is 8.81. The Bertz CT molecular complexity index is 249.